The van der Waals surface area contributed by atoms with Crippen molar-refractivity contribution in [2.45, 2.75) is 29.9 Å². The lowest BCUT2D eigenvalue weighted by molar-refractivity contribution is 0.0765. The molecular weight excluding hydrogens is 346 g/mol. The van der Waals surface area contributed by atoms with Gasteiger partial charge in [-0.05, 0) is 43.7 Å². The van der Waals surface area contributed by atoms with Crippen molar-refractivity contribution in [1.82, 2.24) is 15.4 Å². The number of carbonyl (C=O) groups excluding carboxylic acids is 1. The highest BCUT2D eigenvalue weighted by Crippen LogP contribution is 2.12. The quantitative estimate of drug-likeness (QED) is 0.456. The molecule has 25 heavy (non-hydrogen) atoms. The summed E-state index contributed by atoms with van der Waals surface area (Å²) in [5.41, 5.74) is 0.351. The molecule has 1 aromatic rings. The highest BCUT2D eigenvalue weighted by atomic mass is 32.2. The summed E-state index contributed by atoms with van der Waals surface area (Å²) in [7, 11) is -2.05. The van der Waals surface area contributed by atoms with E-state index in [1.54, 1.807) is 7.11 Å². The standard InChI is InChI=1S/C16H25N3O5S/c1-24-10-2-8-18-25(22,23)13-5-3-12(4-6-13)16(21)19-14-7-9-17-11-15(14)20/h3-6,14-15,17-18,20H,2,7-11H2,1H3,(H,19,21)/t14-,15-/m1/s1. The van der Waals surface area contributed by atoms with Crippen molar-refractivity contribution in [2.24, 2.45) is 0 Å². The van der Waals surface area contributed by atoms with Gasteiger partial charge >= 0.3 is 0 Å². The predicted octanol–water partition coefficient (Wildman–Crippen LogP) is -0.546. The molecule has 1 aromatic carbocycles. The van der Waals surface area contributed by atoms with E-state index in [9.17, 15) is 18.3 Å². The third-order valence-corrected chi connectivity index (χ3v) is 5.49. The fourth-order valence-corrected chi connectivity index (χ4v) is 3.63. The molecule has 0 spiro atoms. The average molecular weight is 371 g/mol. The number of ether oxygens (including phenoxy) is 1. The molecule has 1 saturated heterocycles. The maximum atomic E-state index is 12.2. The van der Waals surface area contributed by atoms with Crippen LogP contribution in [0.2, 0.25) is 0 Å². The fraction of sp³-hybridized carbons (Fsp3) is 0.562. The number of β-amino-alcohol motifs (C(OH)–C–C–N with tert-alkyl or cyclic N) is 1. The molecule has 1 aliphatic heterocycles. The summed E-state index contributed by atoms with van der Waals surface area (Å²) in [6.07, 6.45) is 0.591. The molecule has 8 nitrogen and oxygen atoms in total. The highest BCUT2D eigenvalue weighted by Gasteiger charge is 2.24. The van der Waals surface area contributed by atoms with Crippen LogP contribution >= 0.6 is 0 Å². The summed E-state index contributed by atoms with van der Waals surface area (Å²) >= 11 is 0. The zero-order chi connectivity index (χ0) is 18.3. The van der Waals surface area contributed by atoms with Crippen LogP contribution in [0, 0.1) is 0 Å². The molecule has 0 saturated carbocycles. The number of sulfonamides is 1. The van der Waals surface area contributed by atoms with Crippen molar-refractivity contribution in [3.8, 4) is 0 Å². The second-order valence-electron chi connectivity index (χ2n) is 5.91. The number of aliphatic hydroxyl groups is 1. The Morgan fingerprint density at radius 2 is 2.08 bits per heavy atom. The molecule has 140 valence electrons. The van der Waals surface area contributed by atoms with E-state index in [0.717, 1.165) is 6.54 Å². The molecule has 0 aliphatic carbocycles. The molecule has 2 rings (SSSR count). The summed E-state index contributed by atoms with van der Waals surface area (Å²) in [6.45, 7) is 1.93. The molecule has 0 unspecified atom stereocenters. The Morgan fingerprint density at radius 1 is 1.36 bits per heavy atom. The number of piperidine rings is 1. The number of methoxy groups -OCH3 is 1. The fourth-order valence-electron chi connectivity index (χ4n) is 2.55. The van der Waals surface area contributed by atoms with Gasteiger partial charge < -0.3 is 20.5 Å². The minimum atomic E-state index is -3.60. The number of hydrogen-bond acceptors (Lipinski definition) is 6. The van der Waals surface area contributed by atoms with Gasteiger partial charge in [0, 0.05) is 32.4 Å². The first-order valence-electron chi connectivity index (χ1n) is 8.22. The van der Waals surface area contributed by atoms with Gasteiger partial charge in [0.15, 0.2) is 0 Å². The lowest BCUT2D eigenvalue weighted by atomic mass is 10.0. The average Bonchev–Trinajstić information content (AvgIpc) is 2.61. The van der Waals surface area contributed by atoms with Gasteiger partial charge in [0.05, 0.1) is 17.0 Å². The second-order valence-corrected chi connectivity index (χ2v) is 7.68. The van der Waals surface area contributed by atoms with Crippen LogP contribution in [0.5, 0.6) is 0 Å². The first kappa shape index (κ1) is 19.8. The van der Waals surface area contributed by atoms with Gasteiger partial charge in [-0.25, -0.2) is 13.1 Å². The SMILES string of the molecule is COCCCNS(=O)(=O)c1ccc(C(=O)N[C@@H]2CCNC[C@H]2O)cc1. The number of aliphatic hydroxyl groups excluding tert-OH is 1. The van der Waals surface area contributed by atoms with Gasteiger partial charge in [-0.15, -0.1) is 0 Å². The number of nitrogens with one attached hydrogen (secondary N) is 3. The van der Waals surface area contributed by atoms with Crippen LogP contribution in [-0.4, -0.2) is 64.9 Å². The molecule has 1 aliphatic rings. The maximum Gasteiger partial charge on any atom is 0.251 e. The first-order chi connectivity index (χ1) is 11.9. The zero-order valence-corrected chi connectivity index (χ0v) is 15.0. The number of amides is 1. The smallest absolute Gasteiger partial charge is 0.251 e. The monoisotopic (exact) mass is 371 g/mol. The van der Waals surface area contributed by atoms with Crippen LogP contribution in [0.1, 0.15) is 23.2 Å². The Bertz CT molecular complexity index is 663. The van der Waals surface area contributed by atoms with Gasteiger partial charge in [-0.2, -0.15) is 0 Å². The minimum Gasteiger partial charge on any atom is -0.390 e. The van der Waals surface area contributed by atoms with Crippen LogP contribution in [0.15, 0.2) is 29.2 Å². The summed E-state index contributed by atoms with van der Waals surface area (Å²) in [5.74, 6) is -0.331. The van der Waals surface area contributed by atoms with Gasteiger partial charge in [0.25, 0.3) is 5.91 Å². The van der Waals surface area contributed by atoms with E-state index < -0.39 is 16.1 Å². The van der Waals surface area contributed by atoms with E-state index in [0.29, 0.717) is 31.6 Å². The van der Waals surface area contributed by atoms with Crippen molar-refractivity contribution in [1.29, 1.82) is 0 Å². The topological polar surface area (TPSA) is 117 Å². The second kappa shape index (κ2) is 9.25. The lowest BCUT2D eigenvalue weighted by Crippen LogP contribution is -2.52. The summed E-state index contributed by atoms with van der Waals surface area (Å²) in [4.78, 5) is 12.3. The molecule has 0 radical (unpaired) electrons. The minimum absolute atomic E-state index is 0.100. The largest absolute Gasteiger partial charge is 0.390 e. The Labute approximate surface area is 148 Å². The Hall–Kier alpha value is -1.52. The third kappa shape index (κ3) is 5.75. The van der Waals surface area contributed by atoms with Crippen LogP contribution in [0.3, 0.4) is 0 Å². The third-order valence-electron chi connectivity index (χ3n) is 4.01. The molecule has 2 atom stereocenters. The van der Waals surface area contributed by atoms with E-state index in [1.807, 2.05) is 0 Å². The number of carbonyl (C=O) groups is 1. The highest BCUT2D eigenvalue weighted by molar-refractivity contribution is 7.89. The van der Waals surface area contributed by atoms with Crippen LogP contribution < -0.4 is 15.4 Å². The van der Waals surface area contributed by atoms with Gasteiger partial charge in [-0.3, -0.25) is 4.79 Å². The van der Waals surface area contributed by atoms with Gasteiger partial charge in [0.2, 0.25) is 10.0 Å². The molecule has 1 fully saturated rings. The van der Waals surface area contributed by atoms with E-state index >= 15 is 0 Å². The molecule has 0 bridgehead atoms. The molecule has 1 heterocycles. The molecule has 4 N–H and O–H groups in total. The normalized spacial score (nSPS) is 21.0. The van der Waals surface area contributed by atoms with Crippen molar-refractivity contribution < 1.29 is 23.1 Å². The van der Waals surface area contributed by atoms with Crippen molar-refractivity contribution in [3.05, 3.63) is 29.8 Å². The van der Waals surface area contributed by atoms with Crippen LogP contribution in [0.4, 0.5) is 0 Å². The number of benzene rings is 1. The van der Waals surface area contributed by atoms with E-state index in [2.05, 4.69) is 15.4 Å². The summed E-state index contributed by atoms with van der Waals surface area (Å²) in [5, 5.41) is 15.7. The van der Waals surface area contributed by atoms with Crippen LogP contribution in [-0.2, 0) is 14.8 Å². The Morgan fingerprint density at radius 3 is 2.72 bits per heavy atom. The Kier molecular flexibility index (Phi) is 7.33. The molecular formula is C16H25N3O5S. The summed E-state index contributed by atoms with van der Waals surface area (Å²) in [6, 6.07) is 5.41. The van der Waals surface area contributed by atoms with Gasteiger partial charge in [0.1, 0.15) is 0 Å². The molecule has 0 aromatic heterocycles. The van der Waals surface area contributed by atoms with Crippen molar-refractivity contribution >= 4 is 15.9 Å². The van der Waals surface area contributed by atoms with Crippen LogP contribution in [0.25, 0.3) is 0 Å². The molecule has 9 heteroatoms. The number of hydrogen-bond donors (Lipinski definition) is 4. The van der Waals surface area contributed by atoms with E-state index in [4.69, 9.17) is 4.74 Å². The number of rotatable bonds is 8. The maximum absolute atomic E-state index is 12.2. The van der Waals surface area contributed by atoms with E-state index in [-0.39, 0.29) is 23.4 Å². The first-order valence-corrected chi connectivity index (χ1v) is 9.70. The van der Waals surface area contributed by atoms with Crippen molar-refractivity contribution in [3.63, 3.8) is 0 Å². The lowest BCUT2D eigenvalue weighted by Gasteiger charge is -2.29. The summed E-state index contributed by atoms with van der Waals surface area (Å²) < 4.78 is 31.6. The molecule has 1 amide bonds. The predicted molar refractivity (Wildman–Crippen MR) is 92.9 cm³/mol. The van der Waals surface area contributed by atoms with E-state index in [1.165, 1.54) is 24.3 Å². The van der Waals surface area contributed by atoms with Gasteiger partial charge in [-0.1, -0.05) is 0 Å². The zero-order valence-electron chi connectivity index (χ0n) is 14.2. The van der Waals surface area contributed by atoms with Crippen molar-refractivity contribution in [2.75, 3.05) is 33.4 Å². The Balaban J connectivity index is 1.95.